The summed E-state index contributed by atoms with van der Waals surface area (Å²) in [4.78, 5) is 11.4. The van der Waals surface area contributed by atoms with Crippen molar-refractivity contribution in [1.82, 2.24) is 0 Å². The van der Waals surface area contributed by atoms with Crippen LogP contribution < -0.4 is 0 Å². The van der Waals surface area contributed by atoms with Gasteiger partial charge in [-0.3, -0.25) is 4.79 Å². The van der Waals surface area contributed by atoms with Gasteiger partial charge in [-0.25, -0.2) is 0 Å². The normalized spacial score (nSPS) is 9.23. The molecule has 66 valence electrons. The average Bonchev–Trinajstić information content (AvgIpc) is 2.18. The first-order valence-electron chi connectivity index (χ1n) is 4.27. The topological polar surface area (TPSA) is 40.9 Å². The zero-order valence-electron chi connectivity index (χ0n) is 7.58. The van der Waals surface area contributed by atoms with Gasteiger partial charge in [0.05, 0.1) is 12.5 Å². The molecule has 2 nitrogen and oxygen atoms in total. The van der Waals surface area contributed by atoms with Crippen LogP contribution in [0, 0.1) is 11.3 Å². The molecule has 0 N–H and O–H groups in total. The van der Waals surface area contributed by atoms with Gasteiger partial charge in [-0.1, -0.05) is 31.2 Å². The van der Waals surface area contributed by atoms with E-state index in [1.807, 2.05) is 25.1 Å². The molecule has 1 rings (SSSR count). The Balaban J connectivity index is 3.05. The molecule has 0 unspecified atom stereocenters. The van der Waals surface area contributed by atoms with E-state index in [-0.39, 0.29) is 5.78 Å². The van der Waals surface area contributed by atoms with Crippen LogP contribution in [0.15, 0.2) is 24.3 Å². The van der Waals surface area contributed by atoms with Crippen LogP contribution in [0.5, 0.6) is 0 Å². The standard InChI is InChI=1S/C11H11NO/c1-2-11(13)10-6-4-3-5-9(10)7-8-12/h3-6H,2,7H2,1H3. The number of carbonyl (C=O) groups excluding carboxylic acids is 1. The Hall–Kier alpha value is -1.62. The highest BCUT2D eigenvalue weighted by molar-refractivity contribution is 5.97. The van der Waals surface area contributed by atoms with E-state index in [1.54, 1.807) is 6.07 Å². The monoisotopic (exact) mass is 173 g/mol. The summed E-state index contributed by atoms with van der Waals surface area (Å²) in [5.74, 6) is 0.103. The quantitative estimate of drug-likeness (QED) is 0.658. The molecule has 0 fully saturated rings. The van der Waals surface area contributed by atoms with Crippen molar-refractivity contribution >= 4 is 5.78 Å². The Kier molecular flexibility index (Phi) is 3.22. The number of rotatable bonds is 3. The van der Waals surface area contributed by atoms with Gasteiger partial charge in [0, 0.05) is 12.0 Å². The second kappa shape index (κ2) is 4.42. The molecule has 0 amide bonds. The zero-order valence-corrected chi connectivity index (χ0v) is 7.58. The van der Waals surface area contributed by atoms with Crippen LogP contribution in [-0.4, -0.2) is 5.78 Å². The number of Topliss-reactive ketones (excluding diaryl/α,β-unsaturated/α-hetero) is 1. The molecular formula is C11H11NO. The molecule has 0 aliphatic rings. The minimum absolute atomic E-state index is 0.103. The Morgan fingerprint density at radius 2 is 2.15 bits per heavy atom. The first-order chi connectivity index (χ1) is 6.29. The molecule has 0 radical (unpaired) electrons. The first kappa shape index (κ1) is 9.47. The molecule has 1 aromatic carbocycles. The molecule has 1 aromatic rings. The Bertz CT molecular complexity index is 349. The number of nitrogens with zero attached hydrogens (tertiary/aromatic N) is 1. The van der Waals surface area contributed by atoms with E-state index in [4.69, 9.17) is 5.26 Å². The van der Waals surface area contributed by atoms with Gasteiger partial charge in [0.15, 0.2) is 5.78 Å². The Morgan fingerprint density at radius 3 is 2.77 bits per heavy atom. The third-order valence-corrected chi connectivity index (χ3v) is 1.91. The van der Waals surface area contributed by atoms with Crippen molar-refractivity contribution in [3.05, 3.63) is 35.4 Å². The summed E-state index contributed by atoms with van der Waals surface area (Å²) in [6.07, 6.45) is 0.796. The zero-order chi connectivity index (χ0) is 9.68. The molecule has 13 heavy (non-hydrogen) atoms. The van der Waals surface area contributed by atoms with Crippen molar-refractivity contribution in [3.63, 3.8) is 0 Å². The number of ketones is 1. The molecule has 0 aliphatic heterocycles. The molecule has 0 bridgehead atoms. The molecule has 0 spiro atoms. The van der Waals surface area contributed by atoms with Gasteiger partial charge in [-0.15, -0.1) is 0 Å². The molecule has 0 aromatic heterocycles. The van der Waals surface area contributed by atoms with E-state index in [2.05, 4.69) is 6.07 Å². The van der Waals surface area contributed by atoms with E-state index in [9.17, 15) is 4.79 Å². The number of hydrogen-bond acceptors (Lipinski definition) is 2. The summed E-state index contributed by atoms with van der Waals surface area (Å²) >= 11 is 0. The predicted molar refractivity (Wildman–Crippen MR) is 50.4 cm³/mol. The molecular weight excluding hydrogens is 162 g/mol. The highest BCUT2D eigenvalue weighted by Gasteiger charge is 2.07. The van der Waals surface area contributed by atoms with Gasteiger partial charge in [0.1, 0.15) is 0 Å². The van der Waals surface area contributed by atoms with E-state index in [0.29, 0.717) is 18.4 Å². The van der Waals surface area contributed by atoms with Gasteiger partial charge >= 0.3 is 0 Å². The number of hydrogen-bond donors (Lipinski definition) is 0. The molecule has 2 heteroatoms. The van der Waals surface area contributed by atoms with Crippen LogP contribution in [0.3, 0.4) is 0 Å². The summed E-state index contributed by atoms with van der Waals surface area (Å²) in [5.41, 5.74) is 1.52. The van der Waals surface area contributed by atoms with Crippen molar-refractivity contribution < 1.29 is 4.79 Å². The van der Waals surface area contributed by atoms with Gasteiger partial charge in [0.2, 0.25) is 0 Å². The van der Waals surface area contributed by atoms with Crippen molar-refractivity contribution in [2.45, 2.75) is 19.8 Å². The highest BCUT2D eigenvalue weighted by atomic mass is 16.1. The highest BCUT2D eigenvalue weighted by Crippen LogP contribution is 2.11. The van der Waals surface area contributed by atoms with E-state index in [0.717, 1.165) is 5.56 Å². The maximum absolute atomic E-state index is 11.4. The predicted octanol–water partition coefficient (Wildman–Crippen LogP) is 2.35. The van der Waals surface area contributed by atoms with Gasteiger partial charge < -0.3 is 0 Å². The number of nitriles is 1. The van der Waals surface area contributed by atoms with Crippen molar-refractivity contribution in [1.29, 1.82) is 5.26 Å². The lowest BCUT2D eigenvalue weighted by atomic mass is 10.0. The largest absolute Gasteiger partial charge is 0.294 e. The van der Waals surface area contributed by atoms with Crippen LogP contribution in [-0.2, 0) is 6.42 Å². The third-order valence-electron chi connectivity index (χ3n) is 1.91. The van der Waals surface area contributed by atoms with E-state index < -0.39 is 0 Å². The molecule has 0 saturated carbocycles. The lowest BCUT2D eigenvalue weighted by molar-refractivity contribution is 0.0987. The summed E-state index contributed by atoms with van der Waals surface area (Å²) in [6.45, 7) is 1.82. The lowest BCUT2D eigenvalue weighted by Crippen LogP contribution is -2.01. The summed E-state index contributed by atoms with van der Waals surface area (Å²) in [5, 5.41) is 8.54. The van der Waals surface area contributed by atoms with E-state index in [1.165, 1.54) is 0 Å². The molecule has 0 atom stereocenters. The smallest absolute Gasteiger partial charge is 0.162 e. The Labute approximate surface area is 77.8 Å². The maximum atomic E-state index is 11.4. The van der Waals surface area contributed by atoms with Crippen molar-refractivity contribution in [2.24, 2.45) is 0 Å². The summed E-state index contributed by atoms with van der Waals surface area (Å²) in [7, 11) is 0. The Morgan fingerprint density at radius 1 is 1.46 bits per heavy atom. The van der Waals surface area contributed by atoms with Gasteiger partial charge in [0.25, 0.3) is 0 Å². The van der Waals surface area contributed by atoms with Crippen LogP contribution in [0.1, 0.15) is 29.3 Å². The second-order valence-electron chi connectivity index (χ2n) is 2.77. The summed E-state index contributed by atoms with van der Waals surface area (Å²) < 4.78 is 0. The minimum atomic E-state index is 0.103. The fraction of sp³-hybridized carbons (Fsp3) is 0.273. The second-order valence-corrected chi connectivity index (χ2v) is 2.77. The summed E-state index contributed by atoms with van der Waals surface area (Å²) in [6, 6.07) is 9.32. The first-order valence-corrected chi connectivity index (χ1v) is 4.27. The fourth-order valence-corrected chi connectivity index (χ4v) is 1.22. The maximum Gasteiger partial charge on any atom is 0.162 e. The molecule has 0 saturated heterocycles. The molecule has 0 heterocycles. The lowest BCUT2D eigenvalue weighted by Gasteiger charge is -2.02. The third kappa shape index (κ3) is 2.16. The number of carbonyl (C=O) groups is 1. The van der Waals surface area contributed by atoms with Crippen molar-refractivity contribution in [3.8, 4) is 6.07 Å². The van der Waals surface area contributed by atoms with Crippen LogP contribution >= 0.6 is 0 Å². The number of benzene rings is 1. The van der Waals surface area contributed by atoms with E-state index >= 15 is 0 Å². The van der Waals surface area contributed by atoms with Crippen LogP contribution in [0.2, 0.25) is 0 Å². The fourth-order valence-electron chi connectivity index (χ4n) is 1.22. The van der Waals surface area contributed by atoms with Gasteiger partial charge in [-0.05, 0) is 5.56 Å². The molecule has 0 aliphatic carbocycles. The van der Waals surface area contributed by atoms with Gasteiger partial charge in [-0.2, -0.15) is 5.26 Å². The SMILES string of the molecule is CCC(=O)c1ccccc1CC#N. The minimum Gasteiger partial charge on any atom is -0.294 e. The van der Waals surface area contributed by atoms with Crippen LogP contribution in [0.4, 0.5) is 0 Å². The van der Waals surface area contributed by atoms with Crippen LogP contribution in [0.25, 0.3) is 0 Å². The van der Waals surface area contributed by atoms with Crippen molar-refractivity contribution in [2.75, 3.05) is 0 Å². The average molecular weight is 173 g/mol.